The Hall–Kier alpha value is -2.57. The number of aromatic nitrogens is 1. The van der Waals surface area contributed by atoms with Crippen LogP contribution in [0.1, 0.15) is 17.2 Å². The molecule has 0 N–H and O–H groups in total. The molecule has 2 aromatic rings. The van der Waals surface area contributed by atoms with Gasteiger partial charge in [0.2, 0.25) is 5.95 Å². The number of hydrogen-bond acceptors (Lipinski definition) is 3. The average Bonchev–Trinajstić information content (AvgIpc) is 2.89. The molecule has 0 saturated carbocycles. The van der Waals surface area contributed by atoms with Crippen LogP contribution in [0.15, 0.2) is 54.9 Å². The second-order valence-corrected chi connectivity index (χ2v) is 5.16. The van der Waals surface area contributed by atoms with Crippen molar-refractivity contribution in [2.24, 2.45) is 0 Å². The zero-order chi connectivity index (χ0) is 16.6. The summed E-state index contributed by atoms with van der Waals surface area (Å²) in [5.74, 6) is -0.588. The number of hydrogen-bond donors (Lipinski definition) is 0. The Balaban J connectivity index is 1.91. The van der Waals surface area contributed by atoms with Crippen molar-refractivity contribution in [3.63, 3.8) is 0 Å². The Kier molecular flexibility index (Phi) is 3.71. The van der Waals surface area contributed by atoms with Gasteiger partial charge in [-0.1, -0.05) is 12.1 Å². The molecule has 0 amide bonds. The van der Waals surface area contributed by atoms with Crippen molar-refractivity contribution in [2.75, 3.05) is 12.1 Å². The standard InChI is InChI=1S/C16H13F4N3/c1-22-9-8-14(23(22)13-6-7-15(17)21-10-13)11-2-4-12(5-3-11)16(18,19)20/h2-10,14H,1H3. The van der Waals surface area contributed by atoms with E-state index in [0.29, 0.717) is 11.3 Å². The second-order valence-electron chi connectivity index (χ2n) is 5.16. The van der Waals surface area contributed by atoms with E-state index in [0.717, 1.165) is 12.1 Å². The van der Waals surface area contributed by atoms with Crippen LogP contribution < -0.4 is 5.01 Å². The van der Waals surface area contributed by atoms with Gasteiger partial charge < -0.3 is 0 Å². The summed E-state index contributed by atoms with van der Waals surface area (Å²) in [7, 11) is 1.80. The normalized spacial score (nSPS) is 17.9. The van der Waals surface area contributed by atoms with Crippen molar-refractivity contribution >= 4 is 5.69 Å². The van der Waals surface area contributed by atoms with Gasteiger partial charge in [0.05, 0.1) is 23.5 Å². The number of alkyl halides is 3. The summed E-state index contributed by atoms with van der Waals surface area (Å²) in [5.41, 5.74) is 0.651. The molecule has 0 spiro atoms. The monoisotopic (exact) mass is 323 g/mol. The molecule has 3 rings (SSSR count). The fourth-order valence-electron chi connectivity index (χ4n) is 2.52. The van der Waals surface area contributed by atoms with E-state index in [1.807, 2.05) is 11.1 Å². The number of nitrogens with zero attached hydrogens (tertiary/aromatic N) is 3. The van der Waals surface area contributed by atoms with E-state index in [9.17, 15) is 17.6 Å². The zero-order valence-electron chi connectivity index (χ0n) is 12.1. The molecule has 1 aromatic carbocycles. The van der Waals surface area contributed by atoms with Crippen LogP contribution in [0.2, 0.25) is 0 Å². The van der Waals surface area contributed by atoms with Gasteiger partial charge >= 0.3 is 6.18 Å². The van der Waals surface area contributed by atoms with E-state index in [1.54, 1.807) is 24.3 Å². The molecule has 0 bridgehead atoms. The van der Waals surface area contributed by atoms with Crippen molar-refractivity contribution < 1.29 is 17.6 Å². The van der Waals surface area contributed by atoms with Gasteiger partial charge in [-0.25, -0.2) is 4.98 Å². The summed E-state index contributed by atoms with van der Waals surface area (Å²) in [4.78, 5) is 3.62. The highest BCUT2D eigenvalue weighted by Gasteiger charge is 2.31. The van der Waals surface area contributed by atoms with Gasteiger partial charge in [0.1, 0.15) is 0 Å². The molecule has 1 atom stereocenters. The predicted molar refractivity (Wildman–Crippen MR) is 77.8 cm³/mol. The molecule has 0 fully saturated rings. The van der Waals surface area contributed by atoms with Gasteiger partial charge in [0.15, 0.2) is 0 Å². The molecule has 23 heavy (non-hydrogen) atoms. The van der Waals surface area contributed by atoms with E-state index in [-0.39, 0.29) is 6.04 Å². The number of pyridine rings is 1. The quantitative estimate of drug-likeness (QED) is 0.611. The van der Waals surface area contributed by atoms with Crippen molar-refractivity contribution in [3.8, 4) is 0 Å². The van der Waals surface area contributed by atoms with E-state index in [2.05, 4.69) is 4.98 Å². The van der Waals surface area contributed by atoms with Crippen LogP contribution >= 0.6 is 0 Å². The average molecular weight is 323 g/mol. The Morgan fingerprint density at radius 3 is 2.30 bits per heavy atom. The Labute approximate surface area is 130 Å². The lowest BCUT2D eigenvalue weighted by molar-refractivity contribution is -0.137. The van der Waals surface area contributed by atoms with Gasteiger partial charge in [-0.2, -0.15) is 17.6 Å². The van der Waals surface area contributed by atoms with E-state index < -0.39 is 17.7 Å². The van der Waals surface area contributed by atoms with Crippen LogP contribution in [0.3, 0.4) is 0 Å². The van der Waals surface area contributed by atoms with E-state index in [4.69, 9.17) is 0 Å². The molecular weight excluding hydrogens is 310 g/mol. The molecule has 3 nitrogen and oxygen atoms in total. The summed E-state index contributed by atoms with van der Waals surface area (Å²) < 4.78 is 51.0. The maximum Gasteiger partial charge on any atom is 0.416 e. The lowest BCUT2D eigenvalue weighted by Crippen LogP contribution is -2.34. The maximum absolute atomic E-state index is 13.0. The highest BCUT2D eigenvalue weighted by atomic mass is 19.4. The number of anilines is 1. The van der Waals surface area contributed by atoms with Crippen molar-refractivity contribution in [3.05, 3.63) is 71.9 Å². The molecule has 2 heterocycles. The molecule has 7 heteroatoms. The second kappa shape index (κ2) is 5.57. The van der Waals surface area contributed by atoms with Crippen LogP contribution in [-0.2, 0) is 6.18 Å². The zero-order valence-corrected chi connectivity index (χ0v) is 12.1. The smallest absolute Gasteiger partial charge is 0.295 e. The van der Waals surface area contributed by atoms with Crippen LogP contribution in [0.25, 0.3) is 0 Å². The minimum Gasteiger partial charge on any atom is -0.295 e. The molecule has 0 aliphatic carbocycles. The number of hydrazine groups is 1. The van der Waals surface area contributed by atoms with Gasteiger partial charge in [-0.3, -0.25) is 10.0 Å². The SMILES string of the molecule is CN1C=CC(c2ccc(C(F)(F)F)cc2)N1c1ccc(F)nc1. The van der Waals surface area contributed by atoms with Crippen LogP contribution in [-0.4, -0.2) is 17.0 Å². The minimum atomic E-state index is -4.36. The lowest BCUT2D eigenvalue weighted by atomic mass is 10.0. The topological polar surface area (TPSA) is 19.4 Å². The lowest BCUT2D eigenvalue weighted by Gasteiger charge is -2.33. The van der Waals surface area contributed by atoms with Crippen LogP contribution in [0, 0.1) is 5.95 Å². The highest BCUT2D eigenvalue weighted by molar-refractivity contribution is 5.50. The predicted octanol–water partition coefficient (Wildman–Crippen LogP) is 4.16. The third-order valence-electron chi connectivity index (χ3n) is 3.64. The van der Waals surface area contributed by atoms with Crippen molar-refractivity contribution in [2.45, 2.75) is 12.2 Å². The fraction of sp³-hybridized carbons (Fsp3) is 0.188. The molecule has 1 unspecified atom stereocenters. The van der Waals surface area contributed by atoms with Crippen LogP contribution in [0.5, 0.6) is 0 Å². The summed E-state index contributed by atoms with van der Waals surface area (Å²) in [5, 5.41) is 3.59. The first-order valence-electron chi connectivity index (χ1n) is 6.85. The van der Waals surface area contributed by atoms with Crippen LogP contribution in [0.4, 0.5) is 23.2 Å². The van der Waals surface area contributed by atoms with E-state index >= 15 is 0 Å². The molecule has 1 aromatic heterocycles. The van der Waals surface area contributed by atoms with Gasteiger partial charge in [-0.05, 0) is 35.9 Å². The Morgan fingerprint density at radius 1 is 1.04 bits per heavy atom. The first kappa shape index (κ1) is 15.3. The number of halogens is 4. The van der Waals surface area contributed by atoms with E-state index in [1.165, 1.54) is 24.4 Å². The van der Waals surface area contributed by atoms with Gasteiger partial charge in [0.25, 0.3) is 0 Å². The fourth-order valence-corrected chi connectivity index (χ4v) is 2.52. The highest BCUT2D eigenvalue weighted by Crippen LogP contribution is 2.35. The number of rotatable bonds is 2. The molecule has 0 saturated heterocycles. The maximum atomic E-state index is 13.0. The summed E-state index contributed by atoms with van der Waals surface area (Å²) in [6.45, 7) is 0. The van der Waals surface area contributed by atoms with Gasteiger partial charge in [0, 0.05) is 13.2 Å². The van der Waals surface area contributed by atoms with Crippen molar-refractivity contribution in [1.82, 2.24) is 9.99 Å². The first-order chi connectivity index (χ1) is 10.9. The van der Waals surface area contributed by atoms with Crippen molar-refractivity contribution in [1.29, 1.82) is 0 Å². The molecule has 120 valence electrons. The summed E-state index contributed by atoms with van der Waals surface area (Å²) in [6, 6.07) is 7.54. The Bertz CT molecular complexity index is 708. The summed E-state index contributed by atoms with van der Waals surface area (Å²) in [6.07, 6.45) is 0.676. The first-order valence-corrected chi connectivity index (χ1v) is 6.85. The molecule has 0 radical (unpaired) electrons. The Morgan fingerprint density at radius 2 is 1.74 bits per heavy atom. The third kappa shape index (κ3) is 2.99. The minimum absolute atomic E-state index is 0.283. The van der Waals surface area contributed by atoms with Gasteiger partial charge in [-0.15, -0.1) is 0 Å². The molecule has 1 aliphatic rings. The third-order valence-corrected chi connectivity index (χ3v) is 3.64. The number of benzene rings is 1. The largest absolute Gasteiger partial charge is 0.416 e. The molecule has 1 aliphatic heterocycles. The molecular formula is C16H13F4N3. The summed E-state index contributed by atoms with van der Waals surface area (Å²) >= 11 is 0.